The lowest BCUT2D eigenvalue weighted by molar-refractivity contribution is 0.112. The van der Waals surface area contributed by atoms with Gasteiger partial charge in [0.05, 0.1) is 7.11 Å². The zero-order chi connectivity index (χ0) is 14.5. The minimum Gasteiger partial charge on any atom is -0.497 e. The Kier molecular flexibility index (Phi) is 4.74. The number of hydrogen-bond donors (Lipinski definition) is 0. The van der Waals surface area contributed by atoms with Crippen molar-refractivity contribution in [2.24, 2.45) is 0 Å². The van der Waals surface area contributed by atoms with Crippen LogP contribution in [-0.2, 0) is 6.61 Å². The first-order valence-electron chi connectivity index (χ1n) is 5.83. The van der Waals surface area contributed by atoms with E-state index in [-0.39, 0.29) is 12.2 Å². The van der Waals surface area contributed by atoms with Gasteiger partial charge < -0.3 is 9.47 Å². The van der Waals surface area contributed by atoms with E-state index < -0.39 is 5.82 Å². The summed E-state index contributed by atoms with van der Waals surface area (Å²) >= 11 is 3.41. The van der Waals surface area contributed by atoms with Crippen molar-refractivity contribution in [3.63, 3.8) is 0 Å². The van der Waals surface area contributed by atoms with Crippen molar-refractivity contribution in [3.8, 4) is 11.5 Å². The number of carbonyl (C=O) groups is 1. The number of benzene rings is 2. The van der Waals surface area contributed by atoms with Crippen LogP contribution in [-0.4, -0.2) is 13.4 Å². The Morgan fingerprint density at radius 2 is 2.00 bits per heavy atom. The fourth-order valence-corrected chi connectivity index (χ4v) is 2.05. The van der Waals surface area contributed by atoms with Crippen LogP contribution in [0.1, 0.15) is 15.9 Å². The van der Waals surface area contributed by atoms with Gasteiger partial charge in [-0.2, -0.15) is 0 Å². The van der Waals surface area contributed by atoms with Gasteiger partial charge in [0, 0.05) is 21.7 Å². The highest BCUT2D eigenvalue weighted by molar-refractivity contribution is 9.10. The highest BCUT2D eigenvalue weighted by Crippen LogP contribution is 2.24. The lowest BCUT2D eigenvalue weighted by atomic mass is 10.2. The van der Waals surface area contributed by atoms with Crippen LogP contribution in [0.25, 0.3) is 0 Å². The molecule has 2 aromatic rings. The molecule has 0 aliphatic heterocycles. The van der Waals surface area contributed by atoms with Gasteiger partial charge in [-0.3, -0.25) is 4.79 Å². The van der Waals surface area contributed by atoms with Crippen molar-refractivity contribution >= 4 is 22.2 Å². The van der Waals surface area contributed by atoms with Crippen LogP contribution in [0.15, 0.2) is 40.9 Å². The summed E-state index contributed by atoms with van der Waals surface area (Å²) in [5, 5.41) is 0. The second kappa shape index (κ2) is 6.52. The predicted molar refractivity (Wildman–Crippen MR) is 76.8 cm³/mol. The van der Waals surface area contributed by atoms with Crippen molar-refractivity contribution in [1.82, 2.24) is 0 Å². The maximum absolute atomic E-state index is 13.3. The minimum atomic E-state index is -0.505. The topological polar surface area (TPSA) is 35.5 Å². The molecule has 0 aromatic heterocycles. The average molecular weight is 339 g/mol. The molecule has 0 heterocycles. The van der Waals surface area contributed by atoms with E-state index in [2.05, 4.69) is 15.9 Å². The van der Waals surface area contributed by atoms with Gasteiger partial charge >= 0.3 is 0 Å². The molecular formula is C15H12BrFO3. The molecule has 0 aliphatic rings. The van der Waals surface area contributed by atoms with E-state index in [1.807, 2.05) is 18.2 Å². The Morgan fingerprint density at radius 3 is 2.70 bits per heavy atom. The van der Waals surface area contributed by atoms with Crippen LogP contribution in [0.3, 0.4) is 0 Å². The second-order valence-corrected chi connectivity index (χ2v) is 4.94. The Hall–Kier alpha value is -1.88. The normalized spacial score (nSPS) is 10.2. The number of aldehydes is 1. The first-order valence-corrected chi connectivity index (χ1v) is 6.62. The van der Waals surface area contributed by atoms with Crippen LogP contribution in [0.4, 0.5) is 4.39 Å². The molecule has 3 nitrogen and oxygen atoms in total. The number of ether oxygens (including phenoxy) is 2. The van der Waals surface area contributed by atoms with Gasteiger partial charge in [-0.25, -0.2) is 4.39 Å². The fourth-order valence-electron chi connectivity index (χ4n) is 1.69. The van der Waals surface area contributed by atoms with Crippen molar-refractivity contribution in [2.45, 2.75) is 6.61 Å². The summed E-state index contributed by atoms with van der Waals surface area (Å²) in [6.07, 6.45) is 0.581. The van der Waals surface area contributed by atoms with E-state index in [1.165, 1.54) is 12.1 Å². The Balaban J connectivity index is 2.16. The molecule has 0 N–H and O–H groups in total. The summed E-state index contributed by atoms with van der Waals surface area (Å²) < 4.78 is 24.8. The summed E-state index contributed by atoms with van der Waals surface area (Å²) in [5.74, 6) is 0.510. The number of carbonyl (C=O) groups excluding carboxylic acids is 1. The molecule has 0 saturated carbocycles. The molecule has 2 aromatic carbocycles. The standard InChI is InChI=1S/C15H12BrFO3/c1-19-13-2-3-15(16)11(6-13)9-20-14-5-10(8-18)4-12(17)7-14/h2-8H,9H2,1H3. The highest BCUT2D eigenvalue weighted by Gasteiger charge is 2.05. The molecule has 20 heavy (non-hydrogen) atoms. The summed E-state index contributed by atoms with van der Waals surface area (Å²) in [5.41, 5.74) is 1.10. The minimum absolute atomic E-state index is 0.236. The van der Waals surface area contributed by atoms with Gasteiger partial charge in [0.15, 0.2) is 0 Å². The molecular weight excluding hydrogens is 327 g/mol. The number of methoxy groups -OCH3 is 1. The summed E-state index contributed by atoms with van der Waals surface area (Å²) in [6.45, 7) is 0.236. The Morgan fingerprint density at radius 1 is 1.20 bits per heavy atom. The SMILES string of the molecule is COc1ccc(Br)c(COc2cc(F)cc(C=O)c2)c1. The van der Waals surface area contributed by atoms with Crippen molar-refractivity contribution in [2.75, 3.05) is 7.11 Å². The molecule has 0 atom stereocenters. The van der Waals surface area contributed by atoms with Crippen LogP contribution in [0.5, 0.6) is 11.5 Å². The lowest BCUT2D eigenvalue weighted by Crippen LogP contribution is -1.98. The van der Waals surface area contributed by atoms with E-state index >= 15 is 0 Å². The smallest absolute Gasteiger partial charge is 0.150 e. The zero-order valence-electron chi connectivity index (χ0n) is 10.7. The average Bonchev–Trinajstić information content (AvgIpc) is 2.45. The molecule has 0 aliphatic carbocycles. The number of hydrogen-bond acceptors (Lipinski definition) is 3. The van der Waals surface area contributed by atoms with Gasteiger partial charge in [0.2, 0.25) is 0 Å². The summed E-state index contributed by atoms with van der Waals surface area (Å²) in [6, 6.07) is 9.37. The molecule has 5 heteroatoms. The predicted octanol–water partition coefficient (Wildman–Crippen LogP) is 3.99. The molecule has 104 valence electrons. The van der Waals surface area contributed by atoms with Crippen LogP contribution >= 0.6 is 15.9 Å². The Labute approximate surface area is 124 Å². The maximum Gasteiger partial charge on any atom is 0.150 e. The summed E-state index contributed by atoms with van der Waals surface area (Å²) in [7, 11) is 1.58. The van der Waals surface area contributed by atoms with E-state index in [0.717, 1.165) is 16.1 Å². The largest absolute Gasteiger partial charge is 0.497 e. The zero-order valence-corrected chi connectivity index (χ0v) is 12.3. The molecule has 0 spiro atoms. The molecule has 0 bridgehead atoms. The van der Waals surface area contributed by atoms with E-state index in [4.69, 9.17) is 9.47 Å². The molecule has 0 radical (unpaired) electrons. The molecule has 0 amide bonds. The van der Waals surface area contributed by atoms with Crippen LogP contribution in [0.2, 0.25) is 0 Å². The van der Waals surface area contributed by atoms with E-state index in [9.17, 15) is 9.18 Å². The second-order valence-electron chi connectivity index (χ2n) is 4.08. The van der Waals surface area contributed by atoms with Gasteiger partial charge in [0.1, 0.15) is 30.2 Å². The molecule has 2 rings (SSSR count). The first kappa shape index (κ1) is 14.5. The van der Waals surface area contributed by atoms with Gasteiger partial charge in [-0.1, -0.05) is 15.9 Å². The molecule has 0 saturated heterocycles. The van der Waals surface area contributed by atoms with Gasteiger partial charge in [-0.05, 0) is 30.3 Å². The summed E-state index contributed by atoms with van der Waals surface area (Å²) in [4.78, 5) is 10.7. The maximum atomic E-state index is 13.3. The van der Waals surface area contributed by atoms with Crippen molar-refractivity contribution < 1.29 is 18.7 Å². The van der Waals surface area contributed by atoms with Crippen molar-refractivity contribution in [3.05, 3.63) is 57.8 Å². The van der Waals surface area contributed by atoms with E-state index in [0.29, 0.717) is 17.8 Å². The lowest BCUT2D eigenvalue weighted by Gasteiger charge is -2.10. The molecule has 0 fully saturated rings. The third-order valence-electron chi connectivity index (χ3n) is 2.68. The monoisotopic (exact) mass is 338 g/mol. The third-order valence-corrected chi connectivity index (χ3v) is 3.45. The fraction of sp³-hybridized carbons (Fsp3) is 0.133. The van der Waals surface area contributed by atoms with Gasteiger partial charge in [0.25, 0.3) is 0 Å². The quantitative estimate of drug-likeness (QED) is 0.773. The van der Waals surface area contributed by atoms with E-state index in [1.54, 1.807) is 7.11 Å². The molecule has 0 unspecified atom stereocenters. The highest BCUT2D eigenvalue weighted by atomic mass is 79.9. The van der Waals surface area contributed by atoms with Crippen molar-refractivity contribution in [1.29, 1.82) is 0 Å². The number of rotatable bonds is 5. The number of halogens is 2. The van der Waals surface area contributed by atoms with Crippen LogP contribution < -0.4 is 9.47 Å². The Bertz CT molecular complexity index is 629. The van der Waals surface area contributed by atoms with Crippen LogP contribution in [0, 0.1) is 5.82 Å². The van der Waals surface area contributed by atoms with Gasteiger partial charge in [-0.15, -0.1) is 0 Å². The first-order chi connectivity index (χ1) is 9.62. The third kappa shape index (κ3) is 3.57.